The number of fused-ring (bicyclic) bond motifs is 1. The maximum absolute atomic E-state index is 13.0. The molecule has 0 aliphatic heterocycles. The van der Waals surface area contributed by atoms with E-state index in [0.717, 1.165) is 12.1 Å². The molecule has 0 aliphatic carbocycles. The molecule has 61 heavy (non-hydrogen) atoms. The number of anilines is 1. The zero-order valence-electron chi connectivity index (χ0n) is 30.7. The number of rotatable bonds is 26. The van der Waals surface area contributed by atoms with Crippen molar-refractivity contribution in [3.63, 3.8) is 0 Å². The van der Waals surface area contributed by atoms with Crippen LogP contribution in [0.2, 0.25) is 0 Å². The van der Waals surface area contributed by atoms with Crippen LogP contribution in [0.15, 0.2) is 89.7 Å². The van der Waals surface area contributed by atoms with E-state index in [-0.39, 0.29) is 96.6 Å². The van der Waals surface area contributed by atoms with Crippen molar-refractivity contribution in [2.24, 2.45) is 20.5 Å². The summed E-state index contributed by atoms with van der Waals surface area (Å²) in [6.07, 6.45) is 0. The fraction of sp³-hybridized carbons (Fsp3) is 0.241. The molecular weight excluding hydrogens is 947 g/mol. The largest absolute Gasteiger partial charge is 0.505 e. The van der Waals surface area contributed by atoms with Crippen molar-refractivity contribution in [3.8, 4) is 17.2 Å². The van der Waals surface area contributed by atoms with Gasteiger partial charge in [-0.2, -0.15) is 8.42 Å². The number of phenolic OH excluding ortho intramolecular Hbond substituents is 1. The highest BCUT2D eigenvalue weighted by Gasteiger charge is 2.22. The Kier molecular flexibility index (Phi) is 19.0. The van der Waals surface area contributed by atoms with E-state index in [1.165, 1.54) is 56.7 Å². The second-order valence-corrected chi connectivity index (χ2v) is 18.5. The zero-order chi connectivity index (χ0) is 44.6. The lowest BCUT2D eigenvalue weighted by Crippen LogP contribution is -2.13. The summed E-state index contributed by atoms with van der Waals surface area (Å²) in [4.78, 5) is -0.644. The fourth-order valence-corrected chi connectivity index (χ4v) is 8.46. The van der Waals surface area contributed by atoms with Gasteiger partial charge >= 0.3 is 0 Å². The van der Waals surface area contributed by atoms with Crippen LogP contribution in [0.5, 0.6) is 17.2 Å². The van der Waals surface area contributed by atoms with Gasteiger partial charge < -0.3 is 19.9 Å². The third-order valence-electron chi connectivity index (χ3n) is 7.42. The van der Waals surface area contributed by atoms with Crippen LogP contribution in [0, 0.1) is 0 Å². The van der Waals surface area contributed by atoms with Gasteiger partial charge in [0.2, 0.25) is 0 Å². The molecule has 0 saturated heterocycles. The van der Waals surface area contributed by atoms with E-state index in [1.54, 1.807) is 0 Å². The van der Waals surface area contributed by atoms with Gasteiger partial charge in [-0.3, -0.25) is 12.9 Å². The normalized spacial score (nSPS) is 12.5. The number of hydrogen-bond donors (Lipinski definition) is 6. The number of nitrogens with zero attached hydrogens (tertiary/aromatic N) is 4. The number of nitrogens with one attached hydrogen (secondary N) is 1. The number of methoxy groups -OCH3 is 2. The molecule has 0 heterocycles. The molecule has 0 fully saturated rings. The molecule has 4 aromatic carbocycles. The van der Waals surface area contributed by atoms with Crippen molar-refractivity contribution in [1.29, 1.82) is 0 Å². The molecule has 4 rings (SSSR count). The molecule has 4 aromatic rings. The highest BCUT2D eigenvalue weighted by atomic mass is 32.2. The minimum atomic E-state index is -4.63. The van der Waals surface area contributed by atoms with Gasteiger partial charge in [0.15, 0.2) is 50.1 Å². The quantitative estimate of drug-likeness (QED) is 0.00960. The van der Waals surface area contributed by atoms with Crippen molar-refractivity contribution in [3.05, 3.63) is 54.6 Å². The molecule has 6 N–H and O–H groups in total. The number of hydrogen-bond acceptors (Lipinski definition) is 28. The molecular formula is C29H31N5O21S6. The molecule has 0 aliphatic rings. The molecule has 32 heteroatoms. The lowest BCUT2D eigenvalue weighted by molar-refractivity contribution is -0.434. The van der Waals surface area contributed by atoms with E-state index in [0.29, 0.717) is 12.0 Å². The minimum Gasteiger partial charge on any atom is -0.505 e. The summed E-state index contributed by atoms with van der Waals surface area (Å²) >= 11 is 0.659. The van der Waals surface area contributed by atoms with Gasteiger partial charge in [-0.25, -0.2) is 32.6 Å². The van der Waals surface area contributed by atoms with Gasteiger partial charge in [-0.05, 0) is 54.6 Å². The zero-order valence-corrected chi connectivity index (χ0v) is 35.6. The first-order valence-electron chi connectivity index (χ1n) is 15.9. The summed E-state index contributed by atoms with van der Waals surface area (Å²) in [5.74, 6) is -2.67. The first-order chi connectivity index (χ1) is 29.1. The van der Waals surface area contributed by atoms with Crippen LogP contribution in [0.3, 0.4) is 0 Å². The van der Waals surface area contributed by atoms with E-state index < -0.39 is 59.5 Å². The van der Waals surface area contributed by atoms with Crippen molar-refractivity contribution in [2.75, 3.05) is 50.1 Å². The first-order valence-corrected chi connectivity index (χ1v) is 22.9. The van der Waals surface area contributed by atoms with Gasteiger partial charge in [0.05, 0.1) is 71.4 Å². The Morgan fingerprint density at radius 3 is 1.62 bits per heavy atom. The molecule has 0 atom stereocenters. The average Bonchev–Trinajstić information content (AvgIpc) is 3.23. The van der Waals surface area contributed by atoms with Crippen LogP contribution in [0.25, 0.3) is 10.8 Å². The lowest BCUT2D eigenvalue weighted by Gasteiger charge is -2.14. The van der Waals surface area contributed by atoms with Crippen molar-refractivity contribution in [2.45, 2.75) is 14.7 Å². The molecule has 334 valence electrons. The van der Waals surface area contributed by atoms with Crippen molar-refractivity contribution < 1.29 is 96.6 Å². The topological polar surface area (TPSA) is 357 Å². The van der Waals surface area contributed by atoms with E-state index in [2.05, 4.69) is 53.9 Å². The first kappa shape index (κ1) is 49.6. The Morgan fingerprint density at radius 2 is 1.15 bits per heavy atom. The highest BCUT2D eigenvalue weighted by molar-refractivity contribution is 7.94. The van der Waals surface area contributed by atoms with Crippen LogP contribution in [0.4, 0.5) is 28.4 Å². The molecule has 0 spiro atoms. The van der Waals surface area contributed by atoms with Crippen LogP contribution in [-0.4, -0.2) is 95.5 Å². The summed E-state index contributed by atoms with van der Waals surface area (Å²) in [7, 11) is -10.1. The molecule has 0 bridgehead atoms. The van der Waals surface area contributed by atoms with Crippen molar-refractivity contribution in [1.82, 2.24) is 0 Å². The average molecular weight is 978 g/mol. The van der Waals surface area contributed by atoms with Gasteiger partial charge in [-0.15, -0.1) is 33.5 Å². The van der Waals surface area contributed by atoms with E-state index in [9.17, 15) is 34.9 Å². The highest BCUT2D eigenvalue weighted by Crippen LogP contribution is 2.49. The van der Waals surface area contributed by atoms with E-state index in [4.69, 9.17) is 33.6 Å². The second-order valence-electron chi connectivity index (χ2n) is 11.0. The van der Waals surface area contributed by atoms with Gasteiger partial charge in [0, 0.05) is 10.8 Å². The summed E-state index contributed by atoms with van der Waals surface area (Å²) in [6, 6.07) is 11.1. The summed E-state index contributed by atoms with van der Waals surface area (Å²) < 4.78 is 118. The maximum atomic E-state index is 13.0. The number of ether oxygens (including phenoxy) is 2. The van der Waals surface area contributed by atoms with Crippen molar-refractivity contribution >= 4 is 106 Å². The summed E-state index contributed by atoms with van der Waals surface area (Å²) in [5, 5.41) is 66.4. The van der Waals surface area contributed by atoms with Gasteiger partial charge in [0.1, 0.15) is 40.1 Å². The molecule has 0 saturated carbocycles. The van der Waals surface area contributed by atoms with Crippen LogP contribution < -0.4 is 14.8 Å². The van der Waals surface area contributed by atoms with E-state index >= 15 is 0 Å². The molecule has 0 amide bonds. The fourth-order valence-electron chi connectivity index (χ4n) is 4.78. The molecule has 0 unspecified atom stereocenters. The molecule has 0 aromatic heterocycles. The van der Waals surface area contributed by atoms with Crippen LogP contribution in [-0.2, 0) is 66.3 Å². The second kappa shape index (κ2) is 23.4. The predicted molar refractivity (Wildman–Crippen MR) is 211 cm³/mol. The van der Waals surface area contributed by atoms with Gasteiger partial charge in [-0.1, -0.05) is 15.1 Å². The maximum Gasteiger partial charge on any atom is 0.283 e. The van der Waals surface area contributed by atoms with E-state index in [1.807, 2.05) is 0 Å². The predicted octanol–water partition coefficient (Wildman–Crippen LogP) is 6.63. The number of phenols is 1. The number of azo groups is 2. The Hall–Kier alpha value is -4.04. The Labute approximate surface area is 357 Å². The lowest BCUT2D eigenvalue weighted by atomic mass is 10.1. The molecule has 0 radical (unpaired) electrons. The minimum absolute atomic E-state index is 0.0157. The summed E-state index contributed by atoms with van der Waals surface area (Å²) in [6.45, 7) is -0.782. The smallest absolute Gasteiger partial charge is 0.283 e. The molecule has 26 nitrogen and oxygen atoms in total. The Bertz CT molecular complexity index is 2530. The third kappa shape index (κ3) is 14.2. The monoisotopic (exact) mass is 977 g/mol. The number of aromatic hydroxyl groups is 1. The Balaban J connectivity index is 1.84. The standard InChI is InChI=1S/C29H31N5O21S6/c1-46-24-7-3-17(59(39,40)11-9-48-57-54-51-37)13-22(24)31-33-27-20-15-26(56-53-50-36)28(29(35)19(20)5-6-21(27)30-16-61(43,44)45)34-32-23-14-18(4-8-25(23)47-2)60(41,42)12-10-49-58-55-52-38/h3-8,13-15,30,35-38H,9-12,16H2,1-2H3,(H,43,44,45)/b33-31+,34-32+. The van der Waals surface area contributed by atoms with Crippen LogP contribution in [0.1, 0.15) is 0 Å². The summed E-state index contributed by atoms with van der Waals surface area (Å²) in [5.41, 5.74) is -0.939. The Morgan fingerprint density at radius 1 is 0.639 bits per heavy atom. The SMILES string of the molecule is COc1ccc(S(=O)(=O)CCOSOOO)cc1/N=N/c1c(SOOO)cc2c(/N=N/c3cc(S(=O)(=O)CCOSOOO)ccc3OC)c(NCS(=O)(=O)O)ccc2c1O. The third-order valence-corrected chi connectivity index (χ3v) is 12.7. The number of sulfone groups is 2. The van der Waals surface area contributed by atoms with Gasteiger partial charge in [0.25, 0.3) is 10.1 Å². The number of benzene rings is 4. The van der Waals surface area contributed by atoms with Crippen LogP contribution >= 0.6 is 36.7 Å².